The maximum Gasteiger partial charge on any atom is 0.288 e. The molecule has 100 valence electrons. The number of nitrogens with zero attached hydrogens (tertiary/aromatic N) is 2. The first-order chi connectivity index (χ1) is 9.00. The molecule has 0 saturated carbocycles. The fourth-order valence-corrected chi connectivity index (χ4v) is 2.36. The lowest BCUT2D eigenvalue weighted by atomic mass is 10.1. The first-order valence-corrected chi connectivity index (χ1v) is 6.26. The van der Waals surface area contributed by atoms with E-state index in [0.29, 0.717) is 13.1 Å². The zero-order valence-corrected chi connectivity index (χ0v) is 11.2. The number of nitro groups is 1. The first-order valence-electron chi connectivity index (χ1n) is 5.88. The Bertz CT molecular complexity index is 569. The molecule has 1 aliphatic heterocycles. The summed E-state index contributed by atoms with van der Waals surface area (Å²) in [7, 11) is 0. The predicted molar refractivity (Wildman–Crippen MR) is 72.4 cm³/mol. The van der Waals surface area contributed by atoms with Gasteiger partial charge in [-0.1, -0.05) is 29.3 Å². The van der Waals surface area contributed by atoms with Crippen LogP contribution in [0.2, 0.25) is 5.02 Å². The SMILES string of the molecule is CC1=CCCN(C(=O)c2cccc([N+](=O)[O-])c2Cl)C1. The zero-order valence-electron chi connectivity index (χ0n) is 10.4. The van der Waals surface area contributed by atoms with E-state index in [-0.39, 0.29) is 22.2 Å². The van der Waals surface area contributed by atoms with Crippen molar-refractivity contribution in [1.82, 2.24) is 4.90 Å². The fraction of sp³-hybridized carbons (Fsp3) is 0.308. The molecule has 0 N–H and O–H groups in total. The van der Waals surface area contributed by atoms with Crippen molar-refractivity contribution >= 4 is 23.2 Å². The third-order valence-corrected chi connectivity index (χ3v) is 3.42. The molecule has 6 heteroatoms. The maximum atomic E-state index is 12.3. The minimum Gasteiger partial charge on any atom is -0.334 e. The van der Waals surface area contributed by atoms with Gasteiger partial charge in [0.1, 0.15) is 5.02 Å². The largest absolute Gasteiger partial charge is 0.334 e. The lowest BCUT2D eigenvalue weighted by Gasteiger charge is -2.26. The number of carbonyl (C=O) groups excluding carboxylic acids is 1. The Morgan fingerprint density at radius 2 is 2.21 bits per heavy atom. The standard InChI is InChI=1S/C13H13ClN2O3/c1-9-4-3-7-15(8-9)13(17)10-5-2-6-11(12(10)14)16(18)19/h2,4-6H,3,7-8H2,1H3. The van der Waals surface area contributed by atoms with E-state index >= 15 is 0 Å². The molecule has 1 amide bonds. The van der Waals surface area contributed by atoms with E-state index in [1.165, 1.54) is 18.2 Å². The summed E-state index contributed by atoms with van der Waals surface area (Å²) < 4.78 is 0. The summed E-state index contributed by atoms with van der Waals surface area (Å²) in [5.41, 5.74) is 1.06. The van der Waals surface area contributed by atoms with Gasteiger partial charge in [-0.25, -0.2) is 0 Å². The summed E-state index contributed by atoms with van der Waals surface area (Å²) in [5.74, 6) is -0.263. The third kappa shape index (κ3) is 2.76. The van der Waals surface area contributed by atoms with Gasteiger partial charge in [0.25, 0.3) is 11.6 Å². The lowest BCUT2D eigenvalue weighted by molar-refractivity contribution is -0.384. The molecule has 2 rings (SSSR count). The number of benzene rings is 1. The molecule has 0 atom stereocenters. The highest BCUT2D eigenvalue weighted by Crippen LogP contribution is 2.29. The molecule has 1 heterocycles. The van der Waals surface area contributed by atoms with Gasteiger partial charge in [0, 0.05) is 19.2 Å². The Morgan fingerprint density at radius 1 is 1.47 bits per heavy atom. The molecule has 1 aromatic carbocycles. The highest BCUT2D eigenvalue weighted by atomic mass is 35.5. The van der Waals surface area contributed by atoms with Crippen LogP contribution in [0.25, 0.3) is 0 Å². The summed E-state index contributed by atoms with van der Waals surface area (Å²) in [6.45, 7) is 3.10. The van der Waals surface area contributed by atoms with Gasteiger partial charge in [-0.3, -0.25) is 14.9 Å². The zero-order chi connectivity index (χ0) is 14.0. The van der Waals surface area contributed by atoms with E-state index in [4.69, 9.17) is 11.6 Å². The normalized spacial score (nSPS) is 15.1. The Balaban J connectivity index is 2.32. The Kier molecular flexibility index (Phi) is 3.85. The Labute approximate surface area is 115 Å². The van der Waals surface area contributed by atoms with Crippen LogP contribution in [0.1, 0.15) is 23.7 Å². The number of hydrogen-bond donors (Lipinski definition) is 0. The van der Waals surface area contributed by atoms with Crippen LogP contribution >= 0.6 is 11.6 Å². The van der Waals surface area contributed by atoms with Crippen molar-refractivity contribution in [2.75, 3.05) is 13.1 Å². The summed E-state index contributed by atoms with van der Waals surface area (Å²) >= 11 is 5.95. The van der Waals surface area contributed by atoms with Crippen molar-refractivity contribution in [3.8, 4) is 0 Å². The number of rotatable bonds is 2. The highest BCUT2D eigenvalue weighted by molar-refractivity contribution is 6.35. The van der Waals surface area contributed by atoms with Gasteiger partial charge in [-0.2, -0.15) is 0 Å². The summed E-state index contributed by atoms with van der Waals surface area (Å²) in [6, 6.07) is 4.29. The van der Waals surface area contributed by atoms with Gasteiger partial charge in [-0.05, 0) is 19.4 Å². The van der Waals surface area contributed by atoms with E-state index in [9.17, 15) is 14.9 Å². The van der Waals surface area contributed by atoms with Crippen molar-refractivity contribution < 1.29 is 9.72 Å². The van der Waals surface area contributed by atoms with Crippen LogP contribution in [0.3, 0.4) is 0 Å². The molecular formula is C13H13ClN2O3. The number of carbonyl (C=O) groups is 1. The molecule has 0 fully saturated rings. The van der Waals surface area contributed by atoms with E-state index in [1.807, 2.05) is 6.92 Å². The first kappa shape index (κ1) is 13.5. The molecule has 0 aliphatic carbocycles. The van der Waals surface area contributed by atoms with Gasteiger partial charge >= 0.3 is 0 Å². The van der Waals surface area contributed by atoms with Crippen LogP contribution in [-0.4, -0.2) is 28.8 Å². The van der Waals surface area contributed by atoms with Gasteiger partial charge in [0.05, 0.1) is 10.5 Å². The molecule has 0 aromatic heterocycles. The van der Waals surface area contributed by atoms with Crippen molar-refractivity contribution in [1.29, 1.82) is 0 Å². The molecular weight excluding hydrogens is 268 g/mol. The van der Waals surface area contributed by atoms with Crippen molar-refractivity contribution in [2.45, 2.75) is 13.3 Å². The summed E-state index contributed by atoms with van der Waals surface area (Å²) in [5, 5.41) is 10.7. The second-order valence-electron chi connectivity index (χ2n) is 4.46. The van der Waals surface area contributed by atoms with Crippen LogP contribution < -0.4 is 0 Å². The second-order valence-corrected chi connectivity index (χ2v) is 4.84. The average molecular weight is 281 g/mol. The summed E-state index contributed by atoms with van der Waals surface area (Å²) in [4.78, 5) is 24.2. The van der Waals surface area contributed by atoms with Crippen LogP contribution in [0, 0.1) is 10.1 Å². The van der Waals surface area contributed by atoms with Gasteiger partial charge < -0.3 is 4.90 Å². The van der Waals surface area contributed by atoms with Crippen LogP contribution in [0.15, 0.2) is 29.8 Å². The van der Waals surface area contributed by atoms with Gasteiger partial charge in [0.15, 0.2) is 0 Å². The highest BCUT2D eigenvalue weighted by Gasteiger charge is 2.24. The van der Waals surface area contributed by atoms with E-state index in [1.54, 1.807) is 4.90 Å². The maximum absolute atomic E-state index is 12.3. The van der Waals surface area contributed by atoms with Crippen molar-refractivity contribution in [3.63, 3.8) is 0 Å². The quantitative estimate of drug-likeness (QED) is 0.475. The van der Waals surface area contributed by atoms with Crippen molar-refractivity contribution in [3.05, 3.63) is 50.5 Å². The predicted octanol–water partition coefficient (Wildman–Crippen LogP) is 3.04. The lowest BCUT2D eigenvalue weighted by Crippen LogP contribution is -2.35. The number of hydrogen-bond acceptors (Lipinski definition) is 3. The molecule has 1 aromatic rings. The molecule has 0 unspecified atom stereocenters. The van der Waals surface area contributed by atoms with E-state index in [2.05, 4.69) is 6.08 Å². The minimum absolute atomic E-state index is 0.0929. The molecule has 0 spiro atoms. The topological polar surface area (TPSA) is 63.5 Å². The Morgan fingerprint density at radius 3 is 2.84 bits per heavy atom. The minimum atomic E-state index is -0.583. The van der Waals surface area contributed by atoms with Gasteiger partial charge in [0.2, 0.25) is 0 Å². The number of amides is 1. The van der Waals surface area contributed by atoms with Crippen LogP contribution in [0.5, 0.6) is 0 Å². The van der Waals surface area contributed by atoms with Crippen LogP contribution in [-0.2, 0) is 0 Å². The molecule has 0 radical (unpaired) electrons. The molecule has 0 saturated heterocycles. The fourth-order valence-electron chi connectivity index (χ4n) is 2.08. The van der Waals surface area contributed by atoms with E-state index < -0.39 is 4.92 Å². The smallest absolute Gasteiger partial charge is 0.288 e. The van der Waals surface area contributed by atoms with Crippen molar-refractivity contribution in [2.24, 2.45) is 0 Å². The second kappa shape index (κ2) is 5.40. The number of halogens is 1. The summed E-state index contributed by atoms with van der Waals surface area (Å²) in [6.07, 6.45) is 2.88. The van der Waals surface area contributed by atoms with E-state index in [0.717, 1.165) is 12.0 Å². The van der Waals surface area contributed by atoms with Gasteiger partial charge in [-0.15, -0.1) is 0 Å². The third-order valence-electron chi connectivity index (χ3n) is 3.02. The average Bonchev–Trinajstić information content (AvgIpc) is 2.38. The monoisotopic (exact) mass is 280 g/mol. The molecule has 5 nitrogen and oxygen atoms in total. The Hall–Kier alpha value is -1.88. The molecule has 0 bridgehead atoms. The molecule has 19 heavy (non-hydrogen) atoms. The molecule has 1 aliphatic rings. The number of nitro benzene ring substituents is 1. The van der Waals surface area contributed by atoms with Crippen LogP contribution in [0.4, 0.5) is 5.69 Å².